The van der Waals surface area contributed by atoms with Crippen LogP contribution in [0.1, 0.15) is 66.1 Å². The predicted molar refractivity (Wildman–Crippen MR) is 110 cm³/mol. The Kier molecular flexibility index (Phi) is 5.29. The lowest BCUT2D eigenvalue weighted by atomic mass is 9.89. The molecule has 0 spiro atoms. The standard InChI is InChI=1S/C21H25N3O4S/c1-10-5-6-15-16(9-10)29-21-18(15)20(26)22-19(23-21)13(4)27-17(25)8-7-14-11(2)24-28-12(14)3/h10,13H,5-9H2,1-4H3,(H,22,23,26)/t10-,13+/m1/s1. The highest BCUT2D eigenvalue weighted by atomic mass is 32.1. The molecule has 1 N–H and O–H groups in total. The van der Waals surface area contributed by atoms with Crippen molar-refractivity contribution in [2.24, 2.45) is 5.92 Å². The number of aryl methyl sites for hydroxylation is 3. The van der Waals surface area contributed by atoms with E-state index in [-0.39, 0.29) is 17.9 Å². The van der Waals surface area contributed by atoms with Crippen LogP contribution in [0.15, 0.2) is 9.32 Å². The average molecular weight is 416 g/mol. The second-order valence-electron chi connectivity index (χ2n) is 7.92. The fourth-order valence-corrected chi connectivity index (χ4v) is 5.35. The van der Waals surface area contributed by atoms with Crippen LogP contribution in [0.25, 0.3) is 10.2 Å². The van der Waals surface area contributed by atoms with E-state index >= 15 is 0 Å². The van der Waals surface area contributed by atoms with Crippen LogP contribution in [-0.4, -0.2) is 21.1 Å². The molecule has 3 heterocycles. The number of rotatable bonds is 5. The van der Waals surface area contributed by atoms with Crippen molar-refractivity contribution in [1.29, 1.82) is 0 Å². The van der Waals surface area contributed by atoms with Gasteiger partial charge in [-0.2, -0.15) is 0 Å². The van der Waals surface area contributed by atoms with Gasteiger partial charge in [0.15, 0.2) is 11.9 Å². The molecule has 0 bridgehead atoms. The van der Waals surface area contributed by atoms with Crippen molar-refractivity contribution in [3.05, 3.63) is 43.6 Å². The smallest absolute Gasteiger partial charge is 0.306 e. The lowest BCUT2D eigenvalue weighted by Crippen LogP contribution is -2.18. The van der Waals surface area contributed by atoms with Gasteiger partial charge in [-0.25, -0.2) is 4.98 Å². The number of aromatic amines is 1. The van der Waals surface area contributed by atoms with Gasteiger partial charge in [0, 0.05) is 16.9 Å². The summed E-state index contributed by atoms with van der Waals surface area (Å²) in [7, 11) is 0. The van der Waals surface area contributed by atoms with Gasteiger partial charge in [0.25, 0.3) is 5.56 Å². The highest BCUT2D eigenvalue weighted by Crippen LogP contribution is 2.36. The maximum Gasteiger partial charge on any atom is 0.306 e. The van der Waals surface area contributed by atoms with Gasteiger partial charge in [0.1, 0.15) is 10.6 Å². The summed E-state index contributed by atoms with van der Waals surface area (Å²) >= 11 is 1.59. The van der Waals surface area contributed by atoms with Crippen molar-refractivity contribution in [2.45, 2.75) is 65.9 Å². The van der Waals surface area contributed by atoms with Gasteiger partial charge >= 0.3 is 5.97 Å². The fourth-order valence-electron chi connectivity index (χ4n) is 3.96. The maximum atomic E-state index is 12.7. The number of fused-ring (bicyclic) bond motifs is 3. The lowest BCUT2D eigenvalue weighted by Gasteiger charge is -2.17. The van der Waals surface area contributed by atoms with Crippen molar-refractivity contribution in [3.8, 4) is 0 Å². The average Bonchev–Trinajstić information content (AvgIpc) is 3.19. The van der Waals surface area contributed by atoms with Crippen LogP contribution in [0.5, 0.6) is 0 Å². The highest BCUT2D eigenvalue weighted by Gasteiger charge is 2.24. The van der Waals surface area contributed by atoms with Gasteiger partial charge < -0.3 is 14.2 Å². The van der Waals surface area contributed by atoms with E-state index in [1.807, 2.05) is 13.8 Å². The Morgan fingerprint density at radius 1 is 1.41 bits per heavy atom. The first-order valence-corrected chi connectivity index (χ1v) is 10.8. The molecule has 0 radical (unpaired) electrons. The summed E-state index contributed by atoms with van der Waals surface area (Å²) in [6.45, 7) is 7.65. The predicted octanol–water partition coefficient (Wildman–Crippen LogP) is 3.95. The Labute approximate surface area is 172 Å². The minimum absolute atomic E-state index is 0.143. The second kappa shape index (κ2) is 7.74. The van der Waals surface area contributed by atoms with Crippen LogP contribution < -0.4 is 5.56 Å². The molecule has 2 atom stereocenters. The number of H-pyrrole nitrogens is 1. The van der Waals surface area contributed by atoms with E-state index in [1.165, 1.54) is 4.88 Å². The van der Waals surface area contributed by atoms with Gasteiger partial charge in [-0.3, -0.25) is 9.59 Å². The van der Waals surface area contributed by atoms with Gasteiger partial charge in [0.2, 0.25) is 0 Å². The Balaban J connectivity index is 1.49. The summed E-state index contributed by atoms with van der Waals surface area (Å²) in [4.78, 5) is 34.5. The van der Waals surface area contributed by atoms with Crippen LogP contribution in [-0.2, 0) is 28.8 Å². The third-order valence-corrected chi connectivity index (χ3v) is 6.79. The largest absolute Gasteiger partial charge is 0.454 e. The first kappa shape index (κ1) is 19.8. The Bertz CT molecular complexity index is 1110. The molecule has 7 nitrogen and oxygen atoms in total. The number of ether oxygens (including phenoxy) is 1. The van der Waals surface area contributed by atoms with Gasteiger partial charge in [-0.15, -0.1) is 11.3 Å². The van der Waals surface area contributed by atoms with E-state index in [1.54, 1.807) is 18.3 Å². The van der Waals surface area contributed by atoms with Crippen LogP contribution >= 0.6 is 11.3 Å². The molecule has 1 aliphatic carbocycles. The molecule has 1 aliphatic rings. The third-order valence-electron chi connectivity index (χ3n) is 5.64. The van der Waals surface area contributed by atoms with E-state index in [4.69, 9.17) is 9.26 Å². The zero-order valence-corrected chi connectivity index (χ0v) is 17.9. The summed E-state index contributed by atoms with van der Waals surface area (Å²) in [5.74, 6) is 1.39. The first-order valence-electron chi connectivity index (χ1n) is 9.99. The SMILES string of the molecule is Cc1noc(C)c1CCC(=O)O[C@@H](C)c1nc2sc3c(c2c(=O)[nH]1)CC[C@@H](C)C3. The third kappa shape index (κ3) is 3.85. The summed E-state index contributed by atoms with van der Waals surface area (Å²) in [6, 6.07) is 0. The van der Waals surface area contributed by atoms with Gasteiger partial charge in [-0.05, 0) is 57.9 Å². The Morgan fingerprint density at radius 3 is 2.93 bits per heavy atom. The molecule has 0 aromatic carbocycles. The first-order chi connectivity index (χ1) is 13.8. The van der Waals surface area contributed by atoms with E-state index in [9.17, 15) is 9.59 Å². The number of carbonyl (C=O) groups is 1. The van der Waals surface area contributed by atoms with E-state index in [0.29, 0.717) is 23.5 Å². The molecule has 0 saturated carbocycles. The van der Waals surface area contributed by atoms with Crippen LogP contribution in [0.3, 0.4) is 0 Å². The number of thiophene rings is 1. The minimum Gasteiger partial charge on any atom is -0.454 e. The number of carbonyl (C=O) groups excluding carboxylic acids is 1. The molecular weight excluding hydrogens is 390 g/mol. The molecule has 0 unspecified atom stereocenters. The molecular formula is C21H25N3O4S. The molecule has 0 amide bonds. The van der Waals surface area contributed by atoms with Gasteiger partial charge in [-0.1, -0.05) is 12.1 Å². The molecule has 154 valence electrons. The topological polar surface area (TPSA) is 98.1 Å². The van der Waals surface area contributed by atoms with Crippen LogP contribution in [0, 0.1) is 19.8 Å². The van der Waals surface area contributed by atoms with E-state index in [0.717, 1.165) is 46.7 Å². The Morgan fingerprint density at radius 2 is 2.21 bits per heavy atom. The highest BCUT2D eigenvalue weighted by molar-refractivity contribution is 7.18. The van der Waals surface area contributed by atoms with Crippen LogP contribution in [0.2, 0.25) is 0 Å². The minimum atomic E-state index is -0.623. The van der Waals surface area contributed by atoms with Gasteiger partial charge in [0.05, 0.1) is 11.1 Å². The second-order valence-corrected chi connectivity index (χ2v) is 9.00. The summed E-state index contributed by atoms with van der Waals surface area (Å²) in [6.07, 6.45) is 3.11. The quantitative estimate of drug-likeness (QED) is 0.634. The van der Waals surface area contributed by atoms with Crippen molar-refractivity contribution in [3.63, 3.8) is 0 Å². The van der Waals surface area contributed by atoms with Crippen molar-refractivity contribution in [1.82, 2.24) is 15.1 Å². The summed E-state index contributed by atoms with van der Waals surface area (Å²) < 4.78 is 10.6. The summed E-state index contributed by atoms with van der Waals surface area (Å²) in [5.41, 5.74) is 2.72. The zero-order chi connectivity index (χ0) is 20.7. The number of esters is 1. The molecule has 3 aromatic heterocycles. The molecule has 4 rings (SSSR count). The number of aromatic nitrogens is 3. The molecule has 0 fully saturated rings. The van der Waals surface area contributed by atoms with E-state index in [2.05, 4.69) is 22.0 Å². The Hall–Kier alpha value is -2.48. The molecule has 0 aliphatic heterocycles. The normalized spacial score (nSPS) is 17.3. The van der Waals surface area contributed by atoms with E-state index < -0.39 is 6.10 Å². The zero-order valence-electron chi connectivity index (χ0n) is 17.1. The number of nitrogens with zero attached hydrogens (tertiary/aromatic N) is 2. The molecule has 8 heteroatoms. The monoisotopic (exact) mass is 415 g/mol. The molecule has 29 heavy (non-hydrogen) atoms. The molecule has 3 aromatic rings. The van der Waals surface area contributed by atoms with Crippen molar-refractivity contribution >= 4 is 27.5 Å². The maximum absolute atomic E-state index is 12.7. The number of nitrogens with one attached hydrogen (secondary N) is 1. The van der Waals surface area contributed by atoms with Crippen molar-refractivity contribution < 1.29 is 14.1 Å². The number of hydrogen-bond acceptors (Lipinski definition) is 7. The van der Waals surface area contributed by atoms with Crippen LogP contribution in [0.4, 0.5) is 0 Å². The fraction of sp³-hybridized carbons (Fsp3) is 0.524. The number of hydrogen-bond donors (Lipinski definition) is 1. The van der Waals surface area contributed by atoms with Crippen molar-refractivity contribution in [2.75, 3.05) is 0 Å². The lowest BCUT2D eigenvalue weighted by molar-refractivity contribution is -0.148. The molecule has 0 saturated heterocycles. The summed E-state index contributed by atoms with van der Waals surface area (Å²) in [5, 5.41) is 4.60.